The minimum absolute atomic E-state index is 0.0646. The number of benzene rings is 3. The van der Waals surface area contributed by atoms with Crippen molar-refractivity contribution in [3.8, 4) is 5.75 Å². The number of Topliss-reactive ketones (excluding diaryl/α,β-unsaturated/α-hetero) is 1. The quantitative estimate of drug-likeness (QED) is 0.425. The molecule has 7 nitrogen and oxygen atoms in total. The summed E-state index contributed by atoms with van der Waals surface area (Å²) >= 11 is 0. The van der Waals surface area contributed by atoms with Crippen LogP contribution in [0.1, 0.15) is 33.5 Å². The van der Waals surface area contributed by atoms with Gasteiger partial charge in [-0.3, -0.25) is 19.3 Å². The third-order valence-corrected chi connectivity index (χ3v) is 7.06. The summed E-state index contributed by atoms with van der Waals surface area (Å²) < 4.78 is 11.0. The summed E-state index contributed by atoms with van der Waals surface area (Å²) in [6, 6.07) is 26.1. The Hall–Kier alpha value is -3.52. The van der Waals surface area contributed by atoms with Crippen LogP contribution in [0.5, 0.6) is 5.75 Å². The molecular weight excluding hydrogens is 434 g/mol. The van der Waals surface area contributed by atoms with Gasteiger partial charge in [0.25, 0.3) is 0 Å². The maximum Gasteiger partial charge on any atom is 0.314 e. The molecule has 172 valence electrons. The Morgan fingerprint density at radius 2 is 1.56 bits per heavy atom. The number of carbonyl (C=O) groups excluding carboxylic acids is 2. The normalized spacial score (nSPS) is 30.0. The molecule has 5 atom stereocenters. The molecule has 3 saturated heterocycles. The van der Waals surface area contributed by atoms with E-state index < -0.39 is 29.6 Å². The second-order valence-electron chi connectivity index (χ2n) is 8.78. The van der Waals surface area contributed by atoms with Gasteiger partial charge in [-0.05, 0) is 23.3 Å². The second kappa shape index (κ2) is 8.06. The van der Waals surface area contributed by atoms with E-state index in [0.717, 1.165) is 11.1 Å². The summed E-state index contributed by atoms with van der Waals surface area (Å²) in [5, 5.41) is 1.38. The molecule has 0 bridgehead atoms. The lowest BCUT2D eigenvalue weighted by atomic mass is 9.68. The number of esters is 1. The fraction of sp³-hybridized carbons (Fsp3) is 0.259. The molecule has 7 heteroatoms. The number of cyclic esters (lactones) is 1. The molecule has 3 aromatic rings. The molecule has 0 saturated carbocycles. The Morgan fingerprint density at radius 3 is 2.24 bits per heavy atom. The fourth-order valence-corrected chi connectivity index (χ4v) is 5.47. The molecule has 0 aromatic heterocycles. The molecule has 0 N–H and O–H groups in total. The van der Waals surface area contributed by atoms with Crippen LogP contribution in [0.3, 0.4) is 0 Å². The SMILES string of the molecule is COc1ccc([C@H]2[C@H](C(=O)c3ccccc3)ON3O[C@H](c4ccccc4)[C@H]4C(=O)OC[C@@]423)cc1. The first-order valence-electron chi connectivity index (χ1n) is 11.2. The molecule has 0 unspecified atom stereocenters. The zero-order chi connectivity index (χ0) is 23.3. The number of methoxy groups -OCH3 is 1. The molecule has 0 amide bonds. The summed E-state index contributed by atoms with van der Waals surface area (Å²) in [5.74, 6) is -0.996. The Morgan fingerprint density at radius 1 is 0.882 bits per heavy atom. The van der Waals surface area contributed by atoms with Crippen LogP contribution < -0.4 is 4.74 Å². The minimum atomic E-state index is -0.985. The highest BCUT2D eigenvalue weighted by molar-refractivity contribution is 6.00. The summed E-state index contributed by atoms with van der Waals surface area (Å²) in [5.41, 5.74) is 1.24. The number of ether oxygens (including phenoxy) is 2. The molecule has 0 aliphatic carbocycles. The van der Waals surface area contributed by atoms with Crippen molar-refractivity contribution in [1.82, 2.24) is 5.23 Å². The number of hydrogen-bond acceptors (Lipinski definition) is 7. The van der Waals surface area contributed by atoms with Crippen molar-refractivity contribution in [3.63, 3.8) is 0 Å². The van der Waals surface area contributed by atoms with Crippen LogP contribution in [0.15, 0.2) is 84.9 Å². The van der Waals surface area contributed by atoms with Crippen molar-refractivity contribution in [2.75, 3.05) is 13.7 Å². The van der Waals surface area contributed by atoms with Gasteiger partial charge in [0.15, 0.2) is 11.9 Å². The predicted molar refractivity (Wildman–Crippen MR) is 121 cm³/mol. The van der Waals surface area contributed by atoms with E-state index in [4.69, 9.17) is 19.1 Å². The number of carbonyl (C=O) groups is 2. The minimum Gasteiger partial charge on any atom is -0.497 e. The first-order valence-corrected chi connectivity index (χ1v) is 11.2. The largest absolute Gasteiger partial charge is 0.497 e. The number of hydroxylamine groups is 2. The van der Waals surface area contributed by atoms with Crippen molar-refractivity contribution < 1.29 is 28.7 Å². The molecule has 3 fully saturated rings. The monoisotopic (exact) mass is 457 g/mol. The van der Waals surface area contributed by atoms with Gasteiger partial charge in [0.1, 0.15) is 29.9 Å². The zero-order valence-corrected chi connectivity index (χ0v) is 18.5. The van der Waals surface area contributed by atoms with Crippen LogP contribution in [0, 0.1) is 5.92 Å². The highest BCUT2D eigenvalue weighted by Gasteiger charge is 2.74. The maximum absolute atomic E-state index is 13.6. The van der Waals surface area contributed by atoms with E-state index >= 15 is 0 Å². The van der Waals surface area contributed by atoms with E-state index in [9.17, 15) is 9.59 Å². The van der Waals surface area contributed by atoms with Crippen LogP contribution in [0.25, 0.3) is 0 Å². The first kappa shape index (κ1) is 21.0. The molecular formula is C27H23NO6. The van der Waals surface area contributed by atoms with Crippen LogP contribution in [0.4, 0.5) is 0 Å². The summed E-state index contributed by atoms with van der Waals surface area (Å²) in [6.45, 7) is 0.0646. The average Bonchev–Trinajstić information content (AvgIpc) is 3.51. The van der Waals surface area contributed by atoms with Crippen LogP contribution in [-0.4, -0.2) is 42.3 Å². The molecule has 3 heterocycles. The van der Waals surface area contributed by atoms with E-state index in [-0.39, 0.29) is 18.4 Å². The van der Waals surface area contributed by atoms with Gasteiger partial charge in [-0.2, -0.15) is 0 Å². The lowest BCUT2D eigenvalue weighted by Crippen LogP contribution is -2.48. The topological polar surface area (TPSA) is 74.3 Å². The van der Waals surface area contributed by atoms with E-state index in [1.165, 1.54) is 5.23 Å². The molecule has 6 rings (SSSR count). The van der Waals surface area contributed by atoms with Gasteiger partial charge in [-0.25, -0.2) is 0 Å². The van der Waals surface area contributed by atoms with E-state index in [2.05, 4.69) is 0 Å². The van der Waals surface area contributed by atoms with Crippen LogP contribution >= 0.6 is 0 Å². The molecule has 3 aliphatic rings. The third kappa shape index (κ3) is 3.01. The standard InChI is InChI=1S/C27H23NO6/c1-31-20-14-12-17(13-15-20)21-25(23(29)18-8-4-2-5-9-18)34-28-27(21)16-32-26(30)22(27)24(33-28)19-10-6-3-7-11-19/h2-15,21-22,24-25H,16H2,1H3/t21-,22-,24+,25+,27-/m0/s1. The smallest absolute Gasteiger partial charge is 0.314 e. The van der Waals surface area contributed by atoms with E-state index in [1.54, 1.807) is 19.2 Å². The van der Waals surface area contributed by atoms with Crippen molar-refractivity contribution in [1.29, 1.82) is 0 Å². The van der Waals surface area contributed by atoms with Gasteiger partial charge < -0.3 is 9.47 Å². The van der Waals surface area contributed by atoms with Gasteiger partial charge in [0.05, 0.1) is 7.11 Å². The van der Waals surface area contributed by atoms with Gasteiger partial charge >= 0.3 is 5.97 Å². The Bertz CT molecular complexity index is 1210. The van der Waals surface area contributed by atoms with Crippen molar-refractivity contribution in [2.45, 2.75) is 23.7 Å². The molecule has 0 radical (unpaired) electrons. The summed E-state index contributed by atoms with van der Waals surface area (Å²) in [7, 11) is 1.60. The number of ketones is 1. The second-order valence-corrected chi connectivity index (χ2v) is 8.78. The van der Waals surface area contributed by atoms with E-state index in [1.807, 2.05) is 72.8 Å². The van der Waals surface area contributed by atoms with Crippen LogP contribution in [-0.2, 0) is 19.2 Å². The number of rotatable bonds is 5. The molecule has 1 spiro atoms. The Labute approximate surface area is 196 Å². The van der Waals surface area contributed by atoms with Crippen LogP contribution in [0.2, 0.25) is 0 Å². The molecule has 3 aliphatic heterocycles. The Kier molecular flexibility index (Phi) is 4.99. The van der Waals surface area contributed by atoms with Gasteiger partial charge in [0.2, 0.25) is 0 Å². The van der Waals surface area contributed by atoms with Gasteiger partial charge in [-0.1, -0.05) is 78.0 Å². The fourth-order valence-electron chi connectivity index (χ4n) is 5.47. The highest BCUT2D eigenvalue weighted by atomic mass is 17.0. The third-order valence-electron chi connectivity index (χ3n) is 7.06. The van der Waals surface area contributed by atoms with E-state index in [0.29, 0.717) is 11.3 Å². The number of nitrogens with zero attached hydrogens (tertiary/aromatic N) is 1. The van der Waals surface area contributed by atoms with Crippen molar-refractivity contribution in [3.05, 3.63) is 102 Å². The summed E-state index contributed by atoms with van der Waals surface area (Å²) in [4.78, 5) is 39.2. The van der Waals surface area contributed by atoms with Crippen molar-refractivity contribution >= 4 is 11.8 Å². The molecule has 3 aromatic carbocycles. The summed E-state index contributed by atoms with van der Waals surface area (Å²) in [6.07, 6.45) is -1.46. The lowest BCUT2D eigenvalue weighted by Gasteiger charge is -2.30. The average molecular weight is 457 g/mol. The number of hydrogen-bond donors (Lipinski definition) is 0. The lowest BCUT2D eigenvalue weighted by molar-refractivity contribution is -0.368. The Balaban J connectivity index is 1.48. The highest BCUT2D eigenvalue weighted by Crippen LogP contribution is 2.60. The first-order chi connectivity index (χ1) is 16.6. The zero-order valence-electron chi connectivity index (χ0n) is 18.5. The maximum atomic E-state index is 13.6. The van der Waals surface area contributed by atoms with Gasteiger partial charge in [-0.15, -0.1) is 0 Å². The molecule has 34 heavy (non-hydrogen) atoms. The van der Waals surface area contributed by atoms with Crippen molar-refractivity contribution in [2.24, 2.45) is 5.92 Å². The van der Waals surface area contributed by atoms with Gasteiger partial charge in [0, 0.05) is 11.5 Å². The predicted octanol–water partition coefficient (Wildman–Crippen LogP) is 3.88.